The number of hydrogen-bond donors (Lipinski definition) is 3. The molecule has 1 fully saturated rings. The van der Waals surface area contributed by atoms with E-state index in [-0.39, 0.29) is 13.0 Å². The van der Waals surface area contributed by atoms with Crippen LogP contribution in [0, 0.1) is 5.92 Å². The Morgan fingerprint density at radius 1 is 1.50 bits per heavy atom. The average Bonchev–Trinajstić information content (AvgIpc) is 3.00. The van der Waals surface area contributed by atoms with E-state index in [1.54, 1.807) is 7.05 Å². The first-order valence-electron chi connectivity index (χ1n) is 5.40. The molecule has 16 heavy (non-hydrogen) atoms. The summed E-state index contributed by atoms with van der Waals surface area (Å²) in [5, 5.41) is 19.8. The van der Waals surface area contributed by atoms with Crippen LogP contribution in [0.25, 0.3) is 0 Å². The van der Waals surface area contributed by atoms with Crippen LogP contribution in [0.4, 0.5) is 4.79 Å². The molecule has 1 aliphatic carbocycles. The molecule has 0 unspecified atom stereocenters. The summed E-state index contributed by atoms with van der Waals surface area (Å²) in [7, 11) is 1.64. The van der Waals surface area contributed by atoms with Crippen molar-refractivity contribution in [2.45, 2.75) is 25.3 Å². The minimum Gasteiger partial charge on any atom is -0.480 e. The smallest absolute Gasteiger partial charge is 0.326 e. The first-order chi connectivity index (χ1) is 7.54. The Morgan fingerprint density at radius 3 is 2.56 bits per heavy atom. The van der Waals surface area contributed by atoms with Crippen LogP contribution in [0.3, 0.4) is 0 Å². The van der Waals surface area contributed by atoms with Gasteiger partial charge in [-0.1, -0.05) is 0 Å². The van der Waals surface area contributed by atoms with E-state index in [1.807, 2.05) is 0 Å². The van der Waals surface area contributed by atoms with Gasteiger partial charge in [0.25, 0.3) is 0 Å². The van der Waals surface area contributed by atoms with E-state index < -0.39 is 18.0 Å². The van der Waals surface area contributed by atoms with Crippen LogP contribution < -0.4 is 5.32 Å². The summed E-state index contributed by atoms with van der Waals surface area (Å²) in [5.41, 5.74) is 0. The molecule has 1 saturated carbocycles. The summed E-state index contributed by atoms with van der Waals surface area (Å²) in [6.45, 7) is 0.404. The van der Waals surface area contributed by atoms with E-state index in [4.69, 9.17) is 10.2 Å². The van der Waals surface area contributed by atoms with Gasteiger partial charge in [-0.25, -0.2) is 9.59 Å². The second-order valence-electron chi connectivity index (χ2n) is 4.18. The summed E-state index contributed by atoms with van der Waals surface area (Å²) >= 11 is 0. The van der Waals surface area contributed by atoms with Crippen molar-refractivity contribution in [3.8, 4) is 0 Å². The lowest BCUT2D eigenvalue weighted by Gasteiger charge is -2.20. The van der Waals surface area contributed by atoms with E-state index >= 15 is 0 Å². The number of aliphatic carboxylic acids is 1. The van der Waals surface area contributed by atoms with Crippen LogP contribution in [-0.4, -0.2) is 53.4 Å². The fourth-order valence-corrected chi connectivity index (χ4v) is 1.42. The first kappa shape index (κ1) is 12.8. The number of nitrogens with zero attached hydrogens (tertiary/aromatic N) is 1. The number of nitrogens with one attached hydrogen (secondary N) is 1. The third-order valence-corrected chi connectivity index (χ3v) is 2.59. The Bertz CT molecular complexity index is 266. The number of aliphatic hydroxyl groups excluding tert-OH is 1. The van der Waals surface area contributed by atoms with Crippen molar-refractivity contribution in [1.82, 2.24) is 10.2 Å². The van der Waals surface area contributed by atoms with Crippen molar-refractivity contribution in [3.05, 3.63) is 0 Å². The Kier molecular flexibility index (Phi) is 4.54. The summed E-state index contributed by atoms with van der Waals surface area (Å²) in [5.74, 6) is -0.556. The molecule has 92 valence electrons. The quantitative estimate of drug-likeness (QED) is 0.593. The van der Waals surface area contributed by atoms with Gasteiger partial charge in [-0.15, -0.1) is 0 Å². The fourth-order valence-electron chi connectivity index (χ4n) is 1.42. The molecular formula is C10H18N2O4. The predicted molar refractivity (Wildman–Crippen MR) is 57.0 cm³/mol. The Morgan fingerprint density at radius 2 is 2.12 bits per heavy atom. The van der Waals surface area contributed by atoms with Gasteiger partial charge in [0.05, 0.1) is 0 Å². The van der Waals surface area contributed by atoms with Crippen LogP contribution >= 0.6 is 0 Å². The number of carboxylic acids is 1. The number of carboxylic acid groups (broad SMARTS) is 1. The molecule has 1 aliphatic rings. The zero-order valence-corrected chi connectivity index (χ0v) is 9.35. The molecule has 0 aromatic carbocycles. The number of amides is 2. The molecular weight excluding hydrogens is 212 g/mol. The molecule has 0 spiro atoms. The Labute approximate surface area is 94.2 Å². The number of aliphatic hydroxyl groups is 1. The highest BCUT2D eigenvalue weighted by atomic mass is 16.4. The number of carbonyl (C=O) groups is 2. The van der Waals surface area contributed by atoms with E-state index in [0.717, 1.165) is 12.8 Å². The summed E-state index contributed by atoms with van der Waals surface area (Å²) in [4.78, 5) is 23.8. The lowest BCUT2D eigenvalue weighted by Crippen LogP contribution is -2.47. The molecule has 0 heterocycles. The normalized spacial score (nSPS) is 16.6. The number of carbonyl (C=O) groups excluding carboxylic acids is 1. The van der Waals surface area contributed by atoms with Gasteiger partial charge in [0, 0.05) is 26.6 Å². The molecule has 0 aromatic rings. The van der Waals surface area contributed by atoms with Gasteiger partial charge >= 0.3 is 12.0 Å². The molecule has 1 atom stereocenters. The second kappa shape index (κ2) is 5.69. The van der Waals surface area contributed by atoms with Gasteiger partial charge in [0.1, 0.15) is 6.04 Å². The second-order valence-corrected chi connectivity index (χ2v) is 4.18. The molecule has 1 rings (SSSR count). The molecule has 0 saturated heterocycles. The molecule has 0 aliphatic heterocycles. The molecule has 0 bridgehead atoms. The standard InChI is InChI=1S/C10H18N2O4/c1-12(6-7-2-3-7)10(16)11-8(4-5-13)9(14)15/h7-8,13H,2-6H2,1H3,(H,11,16)(H,14,15)/t8-/m1/s1. The molecule has 6 nitrogen and oxygen atoms in total. The van der Waals surface area contributed by atoms with Gasteiger partial charge in [0.2, 0.25) is 0 Å². The van der Waals surface area contributed by atoms with Crippen LogP contribution in [0.15, 0.2) is 0 Å². The topological polar surface area (TPSA) is 89.9 Å². The van der Waals surface area contributed by atoms with Gasteiger partial charge in [0.15, 0.2) is 0 Å². The highest BCUT2D eigenvalue weighted by Gasteiger charge is 2.26. The monoisotopic (exact) mass is 230 g/mol. The number of rotatable bonds is 6. The zero-order chi connectivity index (χ0) is 12.1. The first-order valence-corrected chi connectivity index (χ1v) is 5.40. The highest BCUT2D eigenvalue weighted by Crippen LogP contribution is 2.29. The minimum atomic E-state index is -1.12. The molecule has 2 amide bonds. The van der Waals surface area contributed by atoms with Crippen molar-refractivity contribution >= 4 is 12.0 Å². The average molecular weight is 230 g/mol. The van der Waals surface area contributed by atoms with Crippen molar-refractivity contribution in [1.29, 1.82) is 0 Å². The van der Waals surface area contributed by atoms with Crippen molar-refractivity contribution in [2.75, 3.05) is 20.2 Å². The maximum atomic E-state index is 11.6. The Balaban J connectivity index is 2.36. The Hall–Kier alpha value is -1.30. The van der Waals surface area contributed by atoms with E-state index in [9.17, 15) is 9.59 Å². The third-order valence-electron chi connectivity index (χ3n) is 2.59. The molecule has 3 N–H and O–H groups in total. The highest BCUT2D eigenvalue weighted by molar-refractivity contribution is 5.82. The molecule has 0 radical (unpaired) electrons. The SMILES string of the molecule is CN(CC1CC1)C(=O)N[C@H](CCO)C(=O)O. The maximum absolute atomic E-state index is 11.6. The van der Waals surface area contributed by atoms with Gasteiger partial charge in [-0.05, 0) is 18.8 Å². The number of hydrogen-bond acceptors (Lipinski definition) is 3. The van der Waals surface area contributed by atoms with Crippen molar-refractivity contribution in [2.24, 2.45) is 5.92 Å². The van der Waals surface area contributed by atoms with Crippen LogP contribution in [0.1, 0.15) is 19.3 Å². The summed E-state index contributed by atoms with van der Waals surface area (Å²) in [6, 6.07) is -1.41. The summed E-state index contributed by atoms with van der Waals surface area (Å²) < 4.78 is 0. The maximum Gasteiger partial charge on any atom is 0.326 e. The molecule has 6 heteroatoms. The van der Waals surface area contributed by atoms with Gasteiger partial charge in [-0.3, -0.25) is 0 Å². The van der Waals surface area contributed by atoms with E-state index in [1.165, 1.54) is 4.90 Å². The van der Waals surface area contributed by atoms with Crippen LogP contribution in [-0.2, 0) is 4.79 Å². The largest absolute Gasteiger partial charge is 0.480 e. The predicted octanol–water partition coefficient (Wildman–Crippen LogP) is -0.127. The van der Waals surface area contributed by atoms with Crippen molar-refractivity contribution in [3.63, 3.8) is 0 Å². The van der Waals surface area contributed by atoms with Crippen LogP contribution in [0.5, 0.6) is 0 Å². The van der Waals surface area contributed by atoms with E-state index in [2.05, 4.69) is 5.32 Å². The van der Waals surface area contributed by atoms with Gasteiger partial charge < -0.3 is 20.4 Å². The van der Waals surface area contributed by atoms with Gasteiger partial charge in [-0.2, -0.15) is 0 Å². The fraction of sp³-hybridized carbons (Fsp3) is 0.800. The zero-order valence-electron chi connectivity index (χ0n) is 9.35. The summed E-state index contributed by atoms with van der Waals surface area (Å²) in [6.07, 6.45) is 2.30. The lowest BCUT2D eigenvalue weighted by molar-refractivity contribution is -0.139. The lowest BCUT2D eigenvalue weighted by atomic mass is 10.2. The van der Waals surface area contributed by atoms with E-state index in [0.29, 0.717) is 12.5 Å². The third kappa shape index (κ3) is 4.06. The van der Waals surface area contributed by atoms with Crippen molar-refractivity contribution < 1.29 is 19.8 Å². The van der Waals surface area contributed by atoms with Crippen LogP contribution in [0.2, 0.25) is 0 Å². The minimum absolute atomic E-state index is 0.0261. The number of urea groups is 1. The molecule has 0 aromatic heterocycles.